The van der Waals surface area contributed by atoms with Crippen LogP contribution >= 0.6 is 23.4 Å². The molecule has 0 unspecified atom stereocenters. The van der Waals surface area contributed by atoms with Crippen molar-refractivity contribution < 1.29 is 19.1 Å². The zero-order chi connectivity index (χ0) is 20.5. The summed E-state index contributed by atoms with van der Waals surface area (Å²) in [6, 6.07) is 12.5. The summed E-state index contributed by atoms with van der Waals surface area (Å²) in [6.07, 6.45) is 0. The maximum absolute atomic E-state index is 11.9. The van der Waals surface area contributed by atoms with Crippen LogP contribution in [-0.4, -0.2) is 35.9 Å². The third-order valence-electron chi connectivity index (χ3n) is 3.58. The molecule has 0 saturated heterocycles. The maximum atomic E-state index is 11.9. The molecule has 2 aromatic rings. The number of ether oxygens (including phenoxy) is 1. The van der Waals surface area contributed by atoms with E-state index in [1.807, 2.05) is 32.0 Å². The third kappa shape index (κ3) is 7.62. The van der Waals surface area contributed by atoms with E-state index in [0.29, 0.717) is 16.4 Å². The van der Waals surface area contributed by atoms with Gasteiger partial charge in [-0.05, 0) is 55.3 Å². The van der Waals surface area contributed by atoms with Gasteiger partial charge in [0.05, 0.1) is 11.5 Å². The van der Waals surface area contributed by atoms with Gasteiger partial charge in [0.15, 0.2) is 6.61 Å². The van der Waals surface area contributed by atoms with Crippen LogP contribution in [0.1, 0.15) is 11.1 Å². The van der Waals surface area contributed by atoms with E-state index in [2.05, 4.69) is 10.6 Å². The number of aryl methyl sites for hydroxylation is 2. The summed E-state index contributed by atoms with van der Waals surface area (Å²) < 4.78 is 4.93. The fourth-order valence-electron chi connectivity index (χ4n) is 2.29. The Kier molecular flexibility index (Phi) is 8.35. The Balaban J connectivity index is 1.65. The predicted octanol–water partition coefficient (Wildman–Crippen LogP) is 3.81. The summed E-state index contributed by atoms with van der Waals surface area (Å²) in [5, 5.41) is 5.99. The topological polar surface area (TPSA) is 84.5 Å². The molecule has 0 spiro atoms. The van der Waals surface area contributed by atoms with Gasteiger partial charge in [0.2, 0.25) is 5.91 Å². The fraction of sp³-hybridized carbons (Fsp3) is 0.250. The van der Waals surface area contributed by atoms with Crippen LogP contribution in [0.2, 0.25) is 5.02 Å². The zero-order valence-electron chi connectivity index (χ0n) is 15.6. The number of benzene rings is 2. The van der Waals surface area contributed by atoms with E-state index < -0.39 is 18.5 Å². The van der Waals surface area contributed by atoms with E-state index in [9.17, 15) is 14.4 Å². The first kappa shape index (κ1) is 21.8. The van der Waals surface area contributed by atoms with E-state index in [1.54, 1.807) is 24.3 Å². The molecule has 148 valence electrons. The molecular weight excluding hydrogens is 400 g/mol. The minimum Gasteiger partial charge on any atom is -0.455 e. The molecule has 0 fully saturated rings. The van der Waals surface area contributed by atoms with Gasteiger partial charge in [-0.1, -0.05) is 23.7 Å². The van der Waals surface area contributed by atoms with Gasteiger partial charge >= 0.3 is 5.97 Å². The first-order chi connectivity index (χ1) is 13.3. The monoisotopic (exact) mass is 420 g/mol. The van der Waals surface area contributed by atoms with Gasteiger partial charge in [0.25, 0.3) is 5.91 Å². The Morgan fingerprint density at radius 3 is 2.50 bits per heavy atom. The maximum Gasteiger partial charge on any atom is 0.316 e. The van der Waals surface area contributed by atoms with Crippen LogP contribution in [0, 0.1) is 13.8 Å². The summed E-state index contributed by atoms with van der Waals surface area (Å²) in [5.74, 6) is -1.12. The molecule has 0 aliphatic heterocycles. The number of thioether (sulfide) groups is 1. The Labute approximate surface area is 173 Å². The van der Waals surface area contributed by atoms with Crippen molar-refractivity contribution in [3.8, 4) is 0 Å². The highest BCUT2D eigenvalue weighted by molar-refractivity contribution is 8.00. The molecule has 8 heteroatoms. The molecule has 0 radical (unpaired) electrons. The summed E-state index contributed by atoms with van der Waals surface area (Å²) in [6.45, 7) is 3.35. The van der Waals surface area contributed by atoms with Crippen molar-refractivity contribution >= 4 is 52.5 Å². The molecule has 0 aromatic heterocycles. The van der Waals surface area contributed by atoms with Crippen molar-refractivity contribution in [2.75, 3.05) is 28.7 Å². The lowest BCUT2D eigenvalue weighted by molar-refractivity contribution is -0.144. The molecule has 6 nitrogen and oxygen atoms in total. The third-order valence-corrected chi connectivity index (χ3v) is 4.72. The summed E-state index contributed by atoms with van der Waals surface area (Å²) in [5.41, 5.74) is 3.17. The van der Waals surface area contributed by atoms with Gasteiger partial charge < -0.3 is 15.4 Å². The Bertz CT molecular complexity index is 873. The minimum atomic E-state index is -0.559. The second-order valence-electron chi connectivity index (χ2n) is 6.08. The smallest absolute Gasteiger partial charge is 0.316 e. The van der Waals surface area contributed by atoms with Crippen LogP contribution in [-0.2, 0) is 19.1 Å². The molecule has 0 saturated carbocycles. The van der Waals surface area contributed by atoms with Gasteiger partial charge in [-0.2, -0.15) is 0 Å². The van der Waals surface area contributed by atoms with Gasteiger partial charge in [-0.3, -0.25) is 14.4 Å². The lowest BCUT2D eigenvalue weighted by Crippen LogP contribution is -2.22. The minimum absolute atomic E-state index is 0.0194. The van der Waals surface area contributed by atoms with Crippen molar-refractivity contribution in [2.24, 2.45) is 0 Å². The quantitative estimate of drug-likeness (QED) is 0.634. The molecule has 0 atom stereocenters. The Hall–Kier alpha value is -2.51. The lowest BCUT2D eigenvalue weighted by atomic mass is 10.2. The van der Waals surface area contributed by atoms with Crippen molar-refractivity contribution in [1.29, 1.82) is 0 Å². The largest absolute Gasteiger partial charge is 0.455 e. The van der Waals surface area contributed by atoms with Crippen LogP contribution in [0.5, 0.6) is 0 Å². The number of anilines is 2. The number of carbonyl (C=O) groups excluding carboxylic acids is 3. The molecule has 0 aliphatic rings. The van der Waals surface area contributed by atoms with Gasteiger partial charge in [0.1, 0.15) is 0 Å². The Morgan fingerprint density at radius 1 is 1.00 bits per heavy atom. The number of rotatable bonds is 8. The molecule has 2 amide bonds. The number of nitrogens with one attached hydrogen (secondary N) is 2. The van der Waals surface area contributed by atoms with Crippen LogP contribution in [0.3, 0.4) is 0 Å². The molecule has 2 aromatic carbocycles. The zero-order valence-corrected chi connectivity index (χ0v) is 17.2. The van der Waals surface area contributed by atoms with E-state index >= 15 is 0 Å². The van der Waals surface area contributed by atoms with E-state index in [0.717, 1.165) is 22.9 Å². The first-order valence-corrected chi connectivity index (χ1v) is 10.0. The van der Waals surface area contributed by atoms with Crippen molar-refractivity contribution in [3.63, 3.8) is 0 Å². The number of halogens is 1. The SMILES string of the molecule is Cc1cccc(NC(=O)CSCC(=O)OCC(=O)Nc2ccc(Cl)cc2C)c1. The highest BCUT2D eigenvalue weighted by Crippen LogP contribution is 2.19. The standard InChI is InChI=1S/C20H21ClN2O4S/c1-13-4-3-5-16(8-13)22-19(25)11-28-12-20(26)27-10-18(24)23-17-7-6-15(21)9-14(17)2/h3-9H,10-12H2,1-2H3,(H,22,25)(H,23,24). The highest BCUT2D eigenvalue weighted by atomic mass is 35.5. The van der Waals surface area contributed by atoms with E-state index in [-0.39, 0.29) is 17.4 Å². The second-order valence-corrected chi connectivity index (χ2v) is 7.50. The number of esters is 1. The molecule has 0 bridgehead atoms. The first-order valence-electron chi connectivity index (χ1n) is 8.49. The summed E-state index contributed by atoms with van der Waals surface area (Å²) >= 11 is 6.99. The number of hydrogen-bond acceptors (Lipinski definition) is 5. The molecule has 28 heavy (non-hydrogen) atoms. The predicted molar refractivity (Wildman–Crippen MR) is 113 cm³/mol. The van der Waals surface area contributed by atoms with Gasteiger partial charge in [-0.15, -0.1) is 11.8 Å². The molecule has 0 heterocycles. The molecule has 2 rings (SSSR count). The van der Waals surface area contributed by atoms with Crippen LogP contribution in [0.15, 0.2) is 42.5 Å². The molecule has 0 aliphatic carbocycles. The molecule has 2 N–H and O–H groups in total. The lowest BCUT2D eigenvalue weighted by Gasteiger charge is -2.09. The average molecular weight is 421 g/mol. The second kappa shape index (κ2) is 10.7. The average Bonchev–Trinajstić information content (AvgIpc) is 2.62. The highest BCUT2D eigenvalue weighted by Gasteiger charge is 2.11. The van der Waals surface area contributed by atoms with Crippen molar-refractivity contribution in [1.82, 2.24) is 0 Å². The molecular formula is C20H21ClN2O4S. The number of hydrogen-bond donors (Lipinski definition) is 2. The van der Waals surface area contributed by atoms with Crippen LogP contribution < -0.4 is 10.6 Å². The van der Waals surface area contributed by atoms with E-state index in [4.69, 9.17) is 16.3 Å². The number of carbonyl (C=O) groups is 3. The Morgan fingerprint density at radius 2 is 1.79 bits per heavy atom. The van der Waals surface area contributed by atoms with Crippen LogP contribution in [0.4, 0.5) is 11.4 Å². The number of amides is 2. The van der Waals surface area contributed by atoms with Gasteiger partial charge in [-0.25, -0.2) is 0 Å². The normalized spacial score (nSPS) is 10.2. The van der Waals surface area contributed by atoms with Gasteiger partial charge in [0, 0.05) is 16.4 Å². The van der Waals surface area contributed by atoms with Crippen molar-refractivity contribution in [2.45, 2.75) is 13.8 Å². The fourth-order valence-corrected chi connectivity index (χ4v) is 3.12. The van der Waals surface area contributed by atoms with Crippen molar-refractivity contribution in [3.05, 3.63) is 58.6 Å². The van der Waals surface area contributed by atoms with Crippen LogP contribution in [0.25, 0.3) is 0 Å². The van der Waals surface area contributed by atoms with E-state index in [1.165, 1.54) is 0 Å². The summed E-state index contributed by atoms with van der Waals surface area (Å²) in [4.78, 5) is 35.5. The summed E-state index contributed by atoms with van der Waals surface area (Å²) in [7, 11) is 0.